The molecule has 0 bridgehead atoms. The molecule has 0 aliphatic carbocycles. The highest BCUT2D eigenvalue weighted by molar-refractivity contribution is 7.88. The molecule has 0 aliphatic rings. The summed E-state index contributed by atoms with van der Waals surface area (Å²) < 4.78 is 26.7. The average Bonchev–Trinajstić information content (AvgIpc) is 2.55. The van der Waals surface area contributed by atoms with Gasteiger partial charge in [-0.25, -0.2) is 13.1 Å². The fourth-order valence-corrected chi connectivity index (χ4v) is 3.65. The van der Waals surface area contributed by atoms with Gasteiger partial charge in [0, 0.05) is 31.4 Å². The maximum absolute atomic E-state index is 12.1. The number of halogens is 1. The molecule has 0 unspecified atom stereocenters. The van der Waals surface area contributed by atoms with Crippen LogP contribution in [0.3, 0.4) is 0 Å². The van der Waals surface area contributed by atoms with Gasteiger partial charge in [0.1, 0.15) is 0 Å². The van der Waals surface area contributed by atoms with Crippen LogP contribution < -0.4 is 9.62 Å². The van der Waals surface area contributed by atoms with Gasteiger partial charge in [-0.15, -0.1) is 0 Å². The molecule has 1 atom stereocenters. The van der Waals surface area contributed by atoms with Crippen molar-refractivity contribution in [3.63, 3.8) is 0 Å². The summed E-state index contributed by atoms with van der Waals surface area (Å²) in [6.45, 7) is -0.0892. The Hall–Kier alpha value is -1.60. The van der Waals surface area contributed by atoms with Crippen molar-refractivity contribution in [1.82, 2.24) is 4.72 Å². The van der Waals surface area contributed by atoms with Crippen LogP contribution in [0, 0.1) is 0 Å². The summed E-state index contributed by atoms with van der Waals surface area (Å²) >= 11 is 5.98. The molecule has 0 fully saturated rings. The number of hydrogen-bond donors (Lipinski definition) is 2. The number of hydrogen-bond acceptors (Lipinski definition) is 4. The first-order valence-electron chi connectivity index (χ1n) is 7.44. The molecule has 2 aromatic carbocycles. The summed E-state index contributed by atoms with van der Waals surface area (Å²) in [6, 6.07) is 14.1. The van der Waals surface area contributed by atoms with Crippen LogP contribution in [0.2, 0.25) is 5.02 Å². The van der Waals surface area contributed by atoms with Crippen LogP contribution >= 0.6 is 11.6 Å². The molecule has 2 rings (SSSR count). The fraction of sp³-hybridized carbons (Fsp3) is 0.294. The first kappa shape index (κ1) is 18.7. The molecule has 0 heterocycles. The van der Waals surface area contributed by atoms with Gasteiger partial charge in [-0.05, 0) is 29.3 Å². The van der Waals surface area contributed by atoms with E-state index in [1.165, 1.54) is 0 Å². The van der Waals surface area contributed by atoms with Crippen LogP contribution in [-0.4, -0.2) is 34.2 Å². The van der Waals surface area contributed by atoms with E-state index in [4.69, 9.17) is 11.6 Å². The molecule has 0 spiro atoms. The van der Waals surface area contributed by atoms with Crippen LogP contribution in [0.25, 0.3) is 0 Å². The van der Waals surface area contributed by atoms with Crippen LogP contribution in [0.4, 0.5) is 5.69 Å². The first-order chi connectivity index (χ1) is 11.3. The van der Waals surface area contributed by atoms with Gasteiger partial charge >= 0.3 is 0 Å². The van der Waals surface area contributed by atoms with Gasteiger partial charge in [-0.1, -0.05) is 41.9 Å². The molecule has 0 aliphatic heterocycles. The van der Waals surface area contributed by atoms with E-state index in [9.17, 15) is 13.5 Å². The van der Waals surface area contributed by atoms with Crippen molar-refractivity contribution in [2.24, 2.45) is 0 Å². The Labute approximate surface area is 147 Å². The number of rotatable bonds is 7. The van der Waals surface area contributed by atoms with E-state index in [0.29, 0.717) is 16.1 Å². The van der Waals surface area contributed by atoms with Crippen LogP contribution in [0.1, 0.15) is 17.2 Å². The molecular weight excluding hydrogens is 348 g/mol. The second-order valence-electron chi connectivity index (χ2n) is 5.70. The Morgan fingerprint density at radius 1 is 1.12 bits per heavy atom. The minimum absolute atomic E-state index is 0.0892. The molecule has 24 heavy (non-hydrogen) atoms. The van der Waals surface area contributed by atoms with E-state index in [2.05, 4.69) is 4.72 Å². The third kappa shape index (κ3) is 5.21. The average molecular weight is 369 g/mol. The Morgan fingerprint density at radius 2 is 1.75 bits per heavy atom. The number of nitrogens with zero attached hydrogens (tertiary/aromatic N) is 1. The topological polar surface area (TPSA) is 69.6 Å². The lowest BCUT2D eigenvalue weighted by Gasteiger charge is -2.16. The summed E-state index contributed by atoms with van der Waals surface area (Å²) in [5.41, 5.74) is 2.18. The summed E-state index contributed by atoms with van der Waals surface area (Å²) in [7, 11) is 0.265. The molecule has 7 heteroatoms. The summed E-state index contributed by atoms with van der Waals surface area (Å²) in [4.78, 5) is 1.95. The Bertz CT molecular complexity index is 777. The van der Waals surface area contributed by atoms with Gasteiger partial charge in [-0.2, -0.15) is 0 Å². The fourth-order valence-electron chi connectivity index (χ4n) is 2.19. The number of benzene rings is 2. The van der Waals surface area contributed by atoms with Crippen LogP contribution in [0.5, 0.6) is 0 Å². The SMILES string of the molecule is CN(C)c1ccc([C@@H](O)CNS(=O)(=O)Cc2ccccc2Cl)cc1. The highest BCUT2D eigenvalue weighted by atomic mass is 35.5. The van der Waals surface area contributed by atoms with Crippen molar-refractivity contribution in [3.05, 3.63) is 64.7 Å². The molecule has 130 valence electrons. The molecule has 5 nitrogen and oxygen atoms in total. The summed E-state index contributed by atoms with van der Waals surface area (Å²) in [5.74, 6) is -0.223. The first-order valence-corrected chi connectivity index (χ1v) is 9.47. The number of aliphatic hydroxyl groups is 1. The molecule has 0 amide bonds. The number of nitrogens with one attached hydrogen (secondary N) is 1. The maximum atomic E-state index is 12.1. The molecule has 0 radical (unpaired) electrons. The van der Waals surface area contributed by atoms with E-state index in [-0.39, 0.29) is 12.3 Å². The Kier molecular flexibility index (Phi) is 6.23. The number of sulfonamides is 1. The maximum Gasteiger partial charge on any atom is 0.215 e. The Balaban J connectivity index is 1.97. The van der Waals surface area contributed by atoms with E-state index in [1.54, 1.807) is 36.4 Å². The molecule has 2 N–H and O–H groups in total. The van der Waals surface area contributed by atoms with Gasteiger partial charge in [0.25, 0.3) is 0 Å². The third-order valence-corrected chi connectivity index (χ3v) is 5.26. The molecule has 0 saturated heterocycles. The van der Waals surface area contributed by atoms with Gasteiger partial charge < -0.3 is 10.0 Å². The van der Waals surface area contributed by atoms with Crippen LogP contribution in [0.15, 0.2) is 48.5 Å². The summed E-state index contributed by atoms with van der Waals surface area (Å²) in [6.07, 6.45) is -0.915. The van der Waals surface area contributed by atoms with Crippen molar-refractivity contribution < 1.29 is 13.5 Å². The monoisotopic (exact) mass is 368 g/mol. The minimum Gasteiger partial charge on any atom is -0.387 e. The molecule has 0 aromatic heterocycles. The molecular formula is C17H21ClN2O3S. The summed E-state index contributed by atoms with van der Waals surface area (Å²) in [5, 5.41) is 10.6. The molecule has 2 aromatic rings. The standard InChI is InChI=1S/C17H21ClN2O3S/c1-20(2)15-9-7-13(8-10-15)17(21)11-19-24(22,23)12-14-5-3-4-6-16(14)18/h3-10,17,19,21H,11-12H2,1-2H3/t17-/m0/s1. The predicted molar refractivity (Wildman–Crippen MR) is 97.8 cm³/mol. The van der Waals surface area contributed by atoms with E-state index < -0.39 is 16.1 Å². The minimum atomic E-state index is -3.58. The van der Waals surface area contributed by atoms with Crippen molar-refractivity contribution in [2.75, 3.05) is 25.5 Å². The van der Waals surface area contributed by atoms with Crippen molar-refractivity contribution in [1.29, 1.82) is 0 Å². The Morgan fingerprint density at radius 3 is 2.33 bits per heavy atom. The van der Waals surface area contributed by atoms with Gasteiger partial charge in [-0.3, -0.25) is 0 Å². The van der Waals surface area contributed by atoms with Gasteiger partial charge in [0.05, 0.1) is 11.9 Å². The highest BCUT2D eigenvalue weighted by Crippen LogP contribution is 2.19. The lowest BCUT2D eigenvalue weighted by Crippen LogP contribution is -2.29. The second kappa shape index (κ2) is 7.98. The predicted octanol–water partition coefficient (Wildman–Crippen LogP) is 2.56. The quantitative estimate of drug-likeness (QED) is 0.788. The van der Waals surface area contributed by atoms with Gasteiger partial charge in [0.2, 0.25) is 10.0 Å². The largest absolute Gasteiger partial charge is 0.387 e. The van der Waals surface area contributed by atoms with Crippen molar-refractivity contribution >= 4 is 27.3 Å². The second-order valence-corrected chi connectivity index (χ2v) is 7.91. The van der Waals surface area contributed by atoms with E-state index in [0.717, 1.165) is 5.69 Å². The van der Waals surface area contributed by atoms with E-state index in [1.807, 2.05) is 31.1 Å². The van der Waals surface area contributed by atoms with Crippen molar-refractivity contribution in [2.45, 2.75) is 11.9 Å². The zero-order valence-corrected chi connectivity index (χ0v) is 15.2. The molecule has 0 saturated carbocycles. The number of aliphatic hydroxyl groups excluding tert-OH is 1. The van der Waals surface area contributed by atoms with Gasteiger partial charge in [0.15, 0.2) is 0 Å². The van der Waals surface area contributed by atoms with Crippen LogP contribution in [-0.2, 0) is 15.8 Å². The zero-order valence-electron chi connectivity index (χ0n) is 13.6. The van der Waals surface area contributed by atoms with Crippen molar-refractivity contribution in [3.8, 4) is 0 Å². The zero-order chi connectivity index (χ0) is 17.7. The third-order valence-electron chi connectivity index (χ3n) is 3.59. The normalized spacial score (nSPS) is 12.8. The lowest BCUT2D eigenvalue weighted by molar-refractivity contribution is 0.182. The smallest absolute Gasteiger partial charge is 0.215 e. The van der Waals surface area contributed by atoms with E-state index >= 15 is 0 Å². The highest BCUT2D eigenvalue weighted by Gasteiger charge is 2.16. The number of anilines is 1. The lowest BCUT2D eigenvalue weighted by atomic mass is 10.1.